The van der Waals surface area contributed by atoms with Crippen molar-refractivity contribution in [3.05, 3.63) is 53.3 Å². The highest BCUT2D eigenvalue weighted by atomic mass is 16.1. The number of amides is 1. The summed E-state index contributed by atoms with van der Waals surface area (Å²) >= 11 is 0. The highest BCUT2D eigenvalue weighted by Gasteiger charge is 2.13. The summed E-state index contributed by atoms with van der Waals surface area (Å²) in [6.07, 6.45) is 1.63. The maximum atomic E-state index is 11.9. The minimum atomic E-state index is -0.110. The van der Waals surface area contributed by atoms with Crippen LogP contribution in [0.2, 0.25) is 0 Å². The normalized spacial score (nSPS) is 9.45. The van der Waals surface area contributed by atoms with Gasteiger partial charge in [0.15, 0.2) is 0 Å². The van der Waals surface area contributed by atoms with E-state index < -0.39 is 0 Å². The molecule has 0 aliphatic heterocycles. The topological polar surface area (TPSA) is 42.0 Å². The summed E-state index contributed by atoms with van der Waals surface area (Å²) in [6.45, 7) is 7.97. The van der Waals surface area contributed by atoms with Gasteiger partial charge in [0.05, 0.1) is 5.56 Å². The van der Waals surface area contributed by atoms with E-state index in [9.17, 15) is 4.79 Å². The third kappa shape index (κ3) is 3.44. The molecule has 0 saturated carbocycles. The average Bonchev–Trinajstić information content (AvgIpc) is 2.49. The number of aromatic nitrogens is 1. The first kappa shape index (κ1) is 15.9. The molecule has 0 bridgehead atoms. The van der Waals surface area contributed by atoms with Crippen molar-refractivity contribution in [3.8, 4) is 11.1 Å². The van der Waals surface area contributed by atoms with Crippen molar-refractivity contribution in [2.24, 2.45) is 0 Å². The van der Waals surface area contributed by atoms with E-state index in [1.807, 2.05) is 58.0 Å². The molecule has 0 aliphatic carbocycles. The molecule has 0 aliphatic rings. The van der Waals surface area contributed by atoms with Crippen molar-refractivity contribution in [1.29, 1.82) is 0 Å². The van der Waals surface area contributed by atoms with Gasteiger partial charge >= 0.3 is 0 Å². The first-order valence-electron chi connectivity index (χ1n) is 6.88. The number of benzene rings is 1. The smallest absolute Gasteiger partial charge is 0.253 e. The molecule has 0 atom stereocenters. The third-order valence-corrected chi connectivity index (χ3v) is 2.95. The largest absolute Gasteiger partial charge is 0.355 e. The van der Waals surface area contributed by atoms with E-state index in [-0.39, 0.29) is 5.91 Å². The van der Waals surface area contributed by atoms with Gasteiger partial charge in [-0.05, 0) is 36.6 Å². The number of hydrogen-bond donors (Lipinski definition) is 1. The average molecular weight is 270 g/mol. The van der Waals surface area contributed by atoms with Gasteiger partial charge in [0.25, 0.3) is 5.91 Å². The van der Waals surface area contributed by atoms with E-state index in [2.05, 4.69) is 10.3 Å². The minimum absolute atomic E-state index is 0.110. The Kier molecular flexibility index (Phi) is 5.91. The van der Waals surface area contributed by atoms with Crippen LogP contribution in [0.5, 0.6) is 0 Å². The summed E-state index contributed by atoms with van der Waals surface area (Å²) in [4.78, 5) is 16.1. The molecule has 0 spiro atoms. The molecular weight excluding hydrogens is 248 g/mol. The first-order chi connectivity index (χ1) is 9.63. The molecule has 1 aromatic heterocycles. The Labute approximate surface area is 121 Å². The van der Waals surface area contributed by atoms with Crippen molar-refractivity contribution < 1.29 is 4.79 Å². The molecule has 1 N–H and O–H groups in total. The molecule has 1 heterocycles. The van der Waals surface area contributed by atoms with E-state index in [0.717, 1.165) is 22.4 Å². The summed E-state index contributed by atoms with van der Waals surface area (Å²) in [5.74, 6) is -0.110. The van der Waals surface area contributed by atoms with Gasteiger partial charge in [-0.25, -0.2) is 0 Å². The van der Waals surface area contributed by atoms with Crippen molar-refractivity contribution in [1.82, 2.24) is 10.3 Å². The summed E-state index contributed by atoms with van der Waals surface area (Å²) in [5, 5.41) is 2.65. The number of hydrogen-bond acceptors (Lipinski definition) is 2. The van der Waals surface area contributed by atoms with Crippen molar-refractivity contribution >= 4 is 5.91 Å². The van der Waals surface area contributed by atoms with Crippen LogP contribution in [0.3, 0.4) is 0 Å². The number of aryl methyl sites for hydroxylation is 2. The Morgan fingerprint density at radius 1 is 1.10 bits per heavy atom. The van der Waals surface area contributed by atoms with Crippen LogP contribution in [0.4, 0.5) is 0 Å². The lowest BCUT2D eigenvalue weighted by atomic mass is 9.96. The predicted molar refractivity (Wildman–Crippen MR) is 83.9 cm³/mol. The number of nitrogens with one attached hydrogen (secondary N) is 1. The number of nitrogens with zero attached hydrogens (tertiary/aromatic N) is 1. The maximum Gasteiger partial charge on any atom is 0.253 e. The quantitative estimate of drug-likeness (QED) is 0.903. The van der Waals surface area contributed by atoms with E-state index in [0.29, 0.717) is 5.56 Å². The van der Waals surface area contributed by atoms with E-state index in [1.165, 1.54) is 0 Å². The Hall–Kier alpha value is -2.16. The Morgan fingerprint density at radius 3 is 2.35 bits per heavy atom. The molecule has 1 amide bonds. The SMILES string of the molecule is CC.CNC(=O)c1cnc(C)cc1-c1ccccc1C. The van der Waals surface area contributed by atoms with Crippen LogP contribution in [0.25, 0.3) is 11.1 Å². The van der Waals surface area contributed by atoms with E-state index >= 15 is 0 Å². The van der Waals surface area contributed by atoms with Crippen molar-refractivity contribution in [2.75, 3.05) is 7.05 Å². The second kappa shape index (κ2) is 7.43. The zero-order valence-electron chi connectivity index (χ0n) is 12.8. The van der Waals surface area contributed by atoms with Gasteiger partial charge in [0.2, 0.25) is 0 Å². The van der Waals surface area contributed by atoms with E-state index in [4.69, 9.17) is 0 Å². The summed E-state index contributed by atoms with van der Waals surface area (Å²) < 4.78 is 0. The van der Waals surface area contributed by atoms with Gasteiger partial charge in [-0.2, -0.15) is 0 Å². The molecule has 20 heavy (non-hydrogen) atoms. The van der Waals surface area contributed by atoms with Gasteiger partial charge in [0, 0.05) is 18.9 Å². The second-order valence-electron chi connectivity index (χ2n) is 4.27. The molecule has 0 radical (unpaired) electrons. The number of rotatable bonds is 2. The summed E-state index contributed by atoms with van der Waals surface area (Å²) in [5.41, 5.74) is 4.66. The van der Waals surface area contributed by atoms with Gasteiger partial charge in [-0.3, -0.25) is 9.78 Å². The number of pyridine rings is 1. The van der Waals surface area contributed by atoms with Crippen LogP contribution in [0.1, 0.15) is 35.5 Å². The Bertz CT molecular complexity index is 591. The van der Waals surface area contributed by atoms with Crippen LogP contribution in [0.15, 0.2) is 36.5 Å². The molecular formula is C17H22N2O. The number of carbonyl (C=O) groups excluding carboxylic acids is 1. The van der Waals surface area contributed by atoms with Crippen molar-refractivity contribution in [2.45, 2.75) is 27.7 Å². The molecule has 2 rings (SSSR count). The standard InChI is InChI=1S/C15H16N2O.C2H6/c1-10-6-4-5-7-12(10)13-8-11(2)17-9-14(13)15(18)16-3;1-2/h4-9H,1-3H3,(H,16,18);1-2H3. The van der Waals surface area contributed by atoms with Crippen LogP contribution in [-0.4, -0.2) is 17.9 Å². The number of carbonyl (C=O) groups is 1. The van der Waals surface area contributed by atoms with Crippen LogP contribution >= 0.6 is 0 Å². The monoisotopic (exact) mass is 270 g/mol. The van der Waals surface area contributed by atoms with Gasteiger partial charge < -0.3 is 5.32 Å². The minimum Gasteiger partial charge on any atom is -0.355 e. The zero-order valence-corrected chi connectivity index (χ0v) is 12.8. The van der Waals surface area contributed by atoms with Gasteiger partial charge in [0.1, 0.15) is 0 Å². The predicted octanol–water partition coefficient (Wildman–Crippen LogP) is 3.75. The third-order valence-electron chi connectivity index (χ3n) is 2.95. The Morgan fingerprint density at radius 2 is 1.75 bits per heavy atom. The van der Waals surface area contributed by atoms with Crippen LogP contribution in [-0.2, 0) is 0 Å². The summed E-state index contributed by atoms with van der Waals surface area (Å²) in [6, 6.07) is 9.99. The lowest BCUT2D eigenvalue weighted by molar-refractivity contribution is 0.0963. The lowest BCUT2D eigenvalue weighted by Gasteiger charge is -2.11. The fraction of sp³-hybridized carbons (Fsp3) is 0.294. The van der Waals surface area contributed by atoms with Gasteiger partial charge in [-0.15, -0.1) is 0 Å². The fourth-order valence-corrected chi connectivity index (χ4v) is 1.97. The van der Waals surface area contributed by atoms with Gasteiger partial charge in [-0.1, -0.05) is 38.1 Å². The molecule has 0 fully saturated rings. The van der Waals surface area contributed by atoms with Crippen LogP contribution < -0.4 is 5.32 Å². The van der Waals surface area contributed by atoms with E-state index in [1.54, 1.807) is 13.2 Å². The molecule has 0 unspecified atom stereocenters. The molecule has 3 nitrogen and oxygen atoms in total. The molecule has 106 valence electrons. The van der Waals surface area contributed by atoms with Crippen molar-refractivity contribution in [3.63, 3.8) is 0 Å². The molecule has 1 aromatic carbocycles. The maximum absolute atomic E-state index is 11.9. The zero-order chi connectivity index (χ0) is 15.1. The highest BCUT2D eigenvalue weighted by molar-refractivity contribution is 6.00. The molecule has 0 saturated heterocycles. The lowest BCUT2D eigenvalue weighted by Crippen LogP contribution is -2.19. The first-order valence-corrected chi connectivity index (χ1v) is 6.88. The fourth-order valence-electron chi connectivity index (χ4n) is 1.97. The second-order valence-corrected chi connectivity index (χ2v) is 4.27. The molecule has 2 aromatic rings. The molecule has 3 heteroatoms. The van der Waals surface area contributed by atoms with Crippen LogP contribution in [0, 0.1) is 13.8 Å². The Balaban J connectivity index is 0.000000956. The summed E-state index contributed by atoms with van der Waals surface area (Å²) in [7, 11) is 1.63. The highest BCUT2D eigenvalue weighted by Crippen LogP contribution is 2.26.